The van der Waals surface area contributed by atoms with Gasteiger partial charge in [0, 0.05) is 11.3 Å². The third-order valence-corrected chi connectivity index (χ3v) is 3.17. The summed E-state index contributed by atoms with van der Waals surface area (Å²) in [6.07, 6.45) is 0. The fraction of sp³-hybridized carbons (Fsp3) is 0.235. The zero-order valence-electron chi connectivity index (χ0n) is 12.5. The molecule has 0 aromatic heterocycles. The highest BCUT2D eigenvalue weighted by Gasteiger charge is 2.11. The molecular formula is C17H18FNO3. The molecule has 0 heterocycles. The molecule has 0 spiro atoms. The first kappa shape index (κ1) is 16.0. The number of halogens is 1. The lowest BCUT2D eigenvalue weighted by Crippen LogP contribution is -2.13. The first-order valence-corrected chi connectivity index (χ1v) is 6.93. The zero-order chi connectivity index (χ0) is 16.1. The predicted molar refractivity (Wildman–Crippen MR) is 82.9 cm³/mol. The second-order valence-electron chi connectivity index (χ2n) is 4.97. The van der Waals surface area contributed by atoms with Gasteiger partial charge < -0.3 is 15.2 Å². The van der Waals surface area contributed by atoms with Crippen LogP contribution in [0.15, 0.2) is 36.4 Å². The highest BCUT2D eigenvalue weighted by Crippen LogP contribution is 2.18. The molecule has 2 aromatic rings. The second-order valence-corrected chi connectivity index (χ2v) is 4.97. The van der Waals surface area contributed by atoms with Crippen molar-refractivity contribution in [2.24, 2.45) is 0 Å². The number of aryl methyl sites for hydroxylation is 2. The minimum absolute atomic E-state index is 0.0538. The largest absolute Gasteiger partial charge is 0.491 e. The number of nitrogens with one attached hydrogen (secondary N) is 1. The molecule has 1 amide bonds. The number of amides is 1. The Kier molecular flexibility index (Phi) is 5.12. The van der Waals surface area contributed by atoms with E-state index in [1.807, 2.05) is 0 Å². The quantitative estimate of drug-likeness (QED) is 0.892. The SMILES string of the molecule is Cc1cc(C(=O)Nc2ccc(OCCO)cc2)cc(C)c1F. The predicted octanol–water partition coefficient (Wildman–Crippen LogP) is 3.07. The van der Waals surface area contributed by atoms with Crippen LogP contribution < -0.4 is 10.1 Å². The molecule has 0 fully saturated rings. The molecule has 0 saturated carbocycles. The number of rotatable bonds is 5. The number of carbonyl (C=O) groups excluding carboxylic acids is 1. The Morgan fingerprint density at radius 3 is 2.32 bits per heavy atom. The van der Waals surface area contributed by atoms with E-state index in [1.165, 1.54) is 12.1 Å². The third kappa shape index (κ3) is 3.83. The van der Waals surface area contributed by atoms with Crippen LogP contribution in [0, 0.1) is 19.7 Å². The molecule has 0 saturated heterocycles. The number of carbonyl (C=O) groups is 1. The number of anilines is 1. The maximum Gasteiger partial charge on any atom is 0.255 e. The van der Waals surface area contributed by atoms with Crippen LogP contribution in [0.2, 0.25) is 0 Å². The van der Waals surface area contributed by atoms with Crippen molar-refractivity contribution in [3.05, 3.63) is 58.9 Å². The van der Waals surface area contributed by atoms with Crippen LogP contribution >= 0.6 is 0 Å². The van der Waals surface area contributed by atoms with Gasteiger partial charge >= 0.3 is 0 Å². The topological polar surface area (TPSA) is 58.6 Å². The maximum absolute atomic E-state index is 13.6. The lowest BCUT2D eigenvalue weighted by Gasteiger charge is -2.09. The summed E-state index contributed by atoms with van der Waals surface area (Å²) < 4.78 is 18.8. The summed E-state index contributed by atoms with van der Waals surface area (Å²) in [6, 6.07) is 9.85. The van der Waals surface area contributed by atoms with Gasteiger partial charge in [-0.25, -0.2) is 4.39 Å². The maximum atomic E-state index is 13.6. The van der Waals surface area contributed by atoms with Crippen LogP contribution in [-0.2, 0) is 0 Å². The molecule has 22 heavy (non-hydrogen) atoms. The fourth-order valence-electron chi connectivity index (χ4n) is 2.08. The number of benzene rings is 2. The fourth-order valence-corrected chi connectivity index (χ4v) is 2.08. The van der Waals surface area contributed by atoms with Crippen molar-refractivity contribution in [2.75, 3.05) is 18.5 Å². The Balaban J connectivity index is 2.08. The minimum atomic E-state index is -0.296. The number of ether oxygens (including phenoxy) is 1. The Labute approximate surface area is 128 Å². The highest BCUT2D eigenvalue weighted by molar-refractivity contribution is 6.04. The molecule has 0 atom stereocenters. The summed E-state index contributed by atoms with van der Waals surface area (Å²) in [5.41, 5.74) is 1.91. The van der Waals surface area contributed by atoms with E-state index in [9.17, 15) is 9.18 Å². The van der Waals surface area contributed by atoms with Crippen LogP contribution in [0.5, 0.6) is 5.75 Å². The number of aliphatic hydroxyl groups excluding tert-OH is 1. The summed E-state index contributed by atoms with van der Waals surface area (Å²) in [4.78, 5) is 12.2. The van der Waals surface area contributed by atoms with Gasteiger partial charge in [0.2, 0.25) is 0 Å². The zero-order valence-corrected chi connectivity index (χ0v) is 12.5. The molecule has 116 valence electrons. The summed E-state index contributed by atoms with van der Waals surface area (Å²) in [5, 5.41) is 11.4. The molecule has 0 bridgehead atoms. The van der Waals surface area contributed by atoms with Gasteiger partial charge in [-0.3, -0.25) is 4.79 Å². The van der Waals surface area contributed by atoms with E-state index in [2.05, 4.69) is 5.32 Å². The Hall–Kier alpha value is -2.40. The molecule has 5 heteroatoms. The number of hydrogen-bond acceptors (Lipinski definition) is 3. The molecule has 4 nitrogen and oxygen atoms in total. The van der Waals surface area contributed by atoms with Gasteiger partial charge in [-0.2, -0.15) is 0 Å². The van der Waals surface area contributed by atoms with Gasteiger partial charge in [-0.05, 0) is 61.4 Å². The van der Waals surface area contributed by atoms with Crippen molar-refractivity contribution in [3.8, 4) is 5.75 Å². The third-order valence-electron chi connectivity index (χ3n) is 3.17. The van der Waals surface area contributed by atoms with Gasteiger partial charge in [0.1, 0.15) is 18.2 Å². The van der Waals surface area contributed by atoms with Crippen LogP contribution in [0.3, 0.4) is 0 Å². The van der Waals surface area contributed by atoms with E-state index < -0.39 is 0 Å². The monoisotopic (exact) mass is 303 g/mol. The van der Waals surface area contributed by atoms with Crippen LogP contribution in [0.1, 0.15) is 21.5 Å². The number of hydrogen-bond donors (Lipinski definition) is 2. The van der Waals surface area contributed by atoms with Crippen LogP contribution in [0.25, 0.3) is 0 Å². The molecule has 0 aliphatic carbocycles. The van der Waals surface area contributed by atoms with E-state index >= 15 is 0 Å². The summed E-state index contributed by atoms with van der Waals surface area (Å²) >= 11 is 0. The van der Waals surface area contributed by atoms with Crippen molar-refractivity contribution in [1.29, 1.82) is 0 Å². The van der Waals surface area contributed by atoms with Crippen molar-refractivity contribution in [3.63, 3.8) is 0 Å². The average Bonchev–Trinajstić information content (AvgIpc) is 2.51. The molecular weight excluding hydrogens is 285 g/mol. The minimum Gasteiger partial charge on any atom is -0.491 e. The van der Waals surface area contributed by atoms with Crippen molar-refractivity contribution in [2.45, 2.75) is 13.8 Å². The summed E-state index contributed by atoms with van der Waals surface area (Å²) in [5.74, 6) is 0.0256. The van der Waals surface area contributed by atoms with Crippen molar-refractivity contribution < 1.29 is 19.0 Å². The Morgan fingerprint density at radius 2 is 1.77 bits per heavy atom. The van der Waals surface area contributed by atoms with Crippen LogP contribution in [-0.4, -0.2) is 24.2 Å². The smallest absolute Gasteiger partial charge is 0.255 e. The van der Waals surface area contributed by atoms with E-state index in [0.717, 1.165) is 0 Å². The van der Waals surface area contributed by atoms with Gasteiger partial charge in [-0.1, -0.05) is 0 Å². The molecule has 0 aliphatic rings. The first-order chi connectivity index (χ1) is 10.5. The van der Waals surface area contributed by atoms with Gasteiger partial charge in [-0.15, -0.1) is 0 Å². The molecule has 2 N–H and O–H groups in total. The molecule has 2 aromatic carbocycles. The standard InChI is InChI=1S/C17H18FNO3/c1-11-9-13(10-12(2)16(11)18)17(21)19-14-3-5-15(6-4-14)22-8-7-20/h3-6,9-10,20H,7-8H2,1-2H3,(H,19,21). The highest BCUT2D eigenvalue weighted by atomic mass is 19.1. The van der Waals surface area contributed by atoms with Crippen molar-refractivity contribution >= 4 is 11.6 Å². The lowest BCUT2D eigenvalue weighted by molar-refractivity contribution is 0.102. The van der Waals surface area contributed by atoms with E-state index in [0.29, 0.717) is 28.1 Å². The first-order valence-electron chi connectivity index (χ1n) is 6.93. The lowest BCUT2D eigenvalue weighted by atomic mass is 10.1. The Bertz CT molecular complexity index is 645. The van der Waals surface area contributed by atoms with Gasteiger partial charge in [0.25, 0.3) is 5.91 Å². The molecule has 0 unspecified atom stereocenters. The van der Waals surface area contributed by atoms with Crippen molar-refractivity contribution in [1.82, 2.24) is 0 Å². The molecule has 0 aliphatic heterocycles. The normalized spacial score (nSPS) is 10.4. The van der Waals surface area contributed by atoms with Crippen LogP contribution in [0.4, 0.5) is 10.1 Å². The Morgan fingerprint density at radius 1 is 1.18 bits per heavy atom. The second kappa shape index (κ2) is 7.04. The van der Waals surface area contributed by atoms with E-state index in [-0.39, 0.29) is 24.9 Å². The van der Waals surface area contributed by atoms with Gasteiger partial charge in [0.15, 0.2) is 0 Å². The van der Waals surface area contributed by atoms with E-state index in [4.69, 9.17) is 9.84 Å². The van der Waals surface area contributed by atoms with E-state index in [1.54, 1.807) is 38.1 Å². The van der Waals surface area contributed by atoms with Gasteiger partial charge in [0.05, 0.1) is 6.61 Å². The summed E-state index contributed by atoms with van der Waals surface area (Å²) in [7, 11) is 0. The summed E-state index contributed by atoms with van der Waals surface area (Å²) in [6.45, 7) is 3.43. The molecule has 0 radical (unpaired) electrons. The number of aliphatic hydroxyl groups is 1. The average molecular weight is 303 g/mol. The molecule has 2 rings (SSSR count).